The van der Waals surface area contributed by atoms with E-state index in [-0.39, 0.29) is 30.6 Å². The monoisotopic (exact) mass is 258 g/mol. The summed E-state index contributed by atoms with van der Waals surface area (Å²) in [4.78, 5) is 37.7. The average molecular weight is 258 g/mol. The summed E-state index contributed by atoms with van der Waals surface area (Å²) in [6, 6.07) is 5.57. The van der Waals surface area contributed by atoms with Crippen LogP contribution in [0, 0.1) is 0 Å². The molecule has 19 heavy (non-hydrogen) atoms. The Bertz CT molecular complexity index is 594. The van der Waals surface area contributed by atoms with Gasteiger partial charge >= 0.3 is 0 Å². The van der Waals surface area contributed by atoms with Gasteiger partial charge in [-0.1, -0.05) is 0 Å². The lowest BCUT2D eigenvalue weighted by Gasteiger charge is -2.18. The van der Waals surface area contributed by atoms with E-state index < -0.39 is 0 Å². The molecule has 0 bridgehead atoms. The van der Waals surface area contributed by atoms with Crippen molar-refractivity contribution in [3.8, 4) is 0 Å². The van der Waals surface area contributed by atoms with Gasteiger partial charge in [0.15, 0.2) is 5.78 Å². The predicted octanol–water partition coefficient (Wildman–Crippen LogP) is 0.901. The van der Waals surface area contributed by atoms with Gasteiger partial charge in [0.25, 0.3) is 0 Å². The van der Waals surface area contributed by atoms with Crippen LogP contribution in [0.2, 0.25) is 0 Å². The third-order valence-corrected chi connectivity index (χ3v) is 3.63. The summed E-state index contributed by atoms with van der Waals surface area (Å²) in [5, 5.41) is 0. The summed E-state index contributed by atoms with van der Waals surface area (Å²) in [5.41, 5.74) is 2.72. The maximum absolute atomic E-state index is 11.7. The van der Waals surface area contributed by atoms with Gasteiger partial charge in [0, 0.05) is 24.8 Å². The molecule has 5 heteroatoms. The van der Waals surface area contributed by atoms with Gasteiger partial charge in [-0.2, -0.15) is 0 Å². The lowest BCUT2D eigenvalue weighted by Crippen LogP contribution is -2.26. The van der Waals surface area contributed by atoms with Gasteiger partial charge in [0.05, 0.1) is 13.0 Å². The van der Waals surface area contributed by atoms with Gasteiger partial charge in [-0.05, 0) is 30.2 Å². The van der Waals surface area contributed by atoms with Crippen molar-refractivity contribution in [1.29, 1.82) is 0 Å². The maximum atomic E-state index is 11.7. The maximum Gasteiger partial charge on any atom is 0.234 e. The fraction of sp³-hybridized carbons (Fsp3) is 0.357. The van der Waals surface area contributed by atoms with Crippen molar-refractivity contribution in [1.82, 2.24) is 0 Å². The largest absolute Gasteiger partial charge is 0.312 e. The number of carbonyl (C=O) groups is 3. The summed E-state index contributed by atoms with van der Waals surface area (Å²) < 4.78 is 0. The van der Waals surface area contributed by atoms with Crippen molar-refractivity contribution in [2.45, 2.75) is 19.8 Å². The number of hydrogen-bond donors (Lipinski definition) is 0. The average Bonchev–Trinajstić information content (AvgIpc) is 2.91. The van der Waals surface area contributed by atoms with Crippen molar-refractivity contribution in [3.05, 3.63) is 23.8 Å². The third kappa shape index (κ3) is 1.91. The first kappa shape index (κ1) is 11.9. The lowest BCUT2D eigenvalue weighted by molar-refractivity contribution is -0.121. The number of ketones is 1. The van der Waals surface area contributed by atoms with E-state index in [0.717, 1.165) is 23.4 Å². The van der Waals surface area contributed by atoms with E-state index in [1.54, 1.807) is 17.9 Å². The molecular formula is C14H14N2O3. The molecule has 2 amide bonds. The van der Waals surface area contributed by atoms with Crippen LogP contribution in [0.25, 0.3) is 0 Å². The molecule has 98 valence electrons. The quantitative estimate of drug-likeness (QED) is 0.703. The first-order chi connectivity index (χ1) is 9.06. The van der Waals surface area contributed by atoms with E-state index in [1.807, 2.05) is 12.1 Å². The third-order valence-electron chi connectivity index (χ3n) is 3.63. The van der Waals surface area contributed by atoms with Crippen LogP contribution in [0.5, 0.6) is 0 Å². The highest BCUT2D eigenvalue weighted by atomic mass is 16.2. The minimum absolute atomic E-state index is 0.00332. The van der Waals surface area contributed by atoms with Gasteiger partial charge in [0.2, 0.25) is 11.8 Å². The topological polar surface area (TPSA) is 57.7 Å². The molecule has 0 N–H and O–H groups in total. The molecule has 0 saturated carbocycles. The molecule has 1 aromatic rings. The molecule has 1 fully saturated rings. The molecule has 2 aliphatic rings. The zero-order valence-corrected chi connectivity index (χ0v) is 10.7. The Hall–Kier alpha value is -2.17. The first-order valence-electron chi connectivity index (χ1n) is 6.29. The van der Waals surface area contributed by atoms with Gasteiger partial charge < -0.3 is 9.80 Å². The van der Waals surface area contributed by atoms with Crippen LogP contribution in [0.4, 0.5) is 11.4 Å². The number of amides is 2. The van der Waals surface area contributed by atoms with Gasteiger partial charge in [0.1, 0.15) is 0 Å². The summed E-state index contributed by atoms with van der Waals surface area (Å²) in [6.45, 7) is 2.39. The molecular weight excluding hydrogens is 244 g/mol. The number of carbonyl (C=O) groups excluding carboxylic acids is 3. The molecule has 1 aromatic carbocycles. The van der Waals surface area contributed by atoms with E-state index in [0.29, 0.717) is 6.54 Å². The van der Waals surface area contributed by atoms with Crippen molar-refractivity contribution in [3.63, 3.8) is 0 Å². The SMILES string of the molecule is CC(=O)N1CCc2cc(N3CC(=O)CC3=O)ccc21. The number of rotatable bonds is 1. The second-order valence-electron chi connectivity index (χ2n) is 4.93. The molecule has 0 aromatic heterocycles. The summed E-state index contributed by atoms with van der Waals surface area (Å²) in [5.74, 6) is -0.166. The standard InChI is InChI=1S/C14H14N2O3/c1-9(17)15-5-4-10-6-11(2-3-13(10)15)16-8-12(18)7-14(16)19/h2-3,6H,4-5,7-8H2,1H3. The van der Waals surface area contributed by atoms with Crippen molar-refractivity contribution < 1.29 is 14.4 Å². The van der Waals surface area contributed by atoms with E-state index >= 15 is 0 Å². The van der Waals surface area contributed by atoms with Crippen LogP contribution >= 0.6 is 0 Å². The highest BCUT2D eigenvalue weighted by Gasteiger charge is 2.30. The Balaban J connectivity index is 1.93. The fourth-order valence-corrected chi connectivity index (χ4v) is 2.70. The zero-order chi connectivity index (χ0) is 13.6. The number of hydrogen-bond acceptors (Lipinski definition) is 3. The van der Waals surface area contributed by atoms with Crippen LogP contribution < -0.4 is 9.80 Å². The lowest BCUT2D eigenvalue weighted by atomic mass is 10.1. The van der Waals surface area contributed by atoms with Crippen LogP contribution in [0.15, 0.2) is 18.2 Å². The van der Waals surface area contributed by atoms with Crippen molar-refractivity contribution in [2.24, 2.45) is 0 Å². The molecule has 1 saturated heterocycles. The number of anilines is 2. The highest BCUT2D eigenvalue weighted by molar-refractivity contribution is 6.15. The Morgan fingerprint density at radius 2 is 2.05 bits per heavy atom. The van der Waals surface area contributed by atoms with Crippen LogP contribution in [0.1, 0.15) is 18.9 Å². The Morgan fingerprint density at radius 1 is 1.26 bits per heavy atom. The number of benzene rings is 1. The smallest absolute Gasteiger partial charge is 0.234 e. The van der Waals surface area contributed by atoms with Crippen molar-refractivity contribution in [2.75, 3.05) is 22.9 Å². The summed E-state index contributed by atoms with van der Waals surface area (Å²) in [7, 11) is 0. The highest BCUT2D eigenvalue weighted by Crippen LogP contribution is 2.32. The summed E-state index contributed by atoms with van der Waals surface area (Å²) >= 11 is 0. The normalized spacial score (nSPS) is 18.2. The minimum Gasteiger partial charge on any atom is -0.312 e. The molecule has 0 spiro atoms. The van der Waals surface area contributed by atoms with E-state index in [2.05, 4.69) is 0 Å². The van der Waals surface area contributed by atoms with E-state index in [4.69, 9.17) is 0 Å². The second kappa shape index (κ2) is 4.19. The Morgan fingerprint density at radius 3 is 2.68 bits per heavy atom. The van der Waals surface area contributed by atoms with Gasteiger partial charge in [-0.15, -0.1) is 0 Å². The van der Waals surface area contributed by atoms with E-state index in [1.165, 1.54) is 4.90 Å². The molecule has 0 atom stereocenters. The molecule has 0 aliphatic carbocycles. The molecule has 0 unspecified atom stereocenters. The minimum atomic E-state index is -0.147. The number of Topliss-reactive ketones (excluding diaryl/α,β-unsaturated/α-hetero) is 1. The second-order valence-corrected chi connectivity index (χ2v) is 4.93. The molecule has 3 rings (SSSR count). The zero-order valence-electron chi connectivity index (χ0n) is 10.7. The number of fused-ring (bicyclic) bond motifs is 1. The van der Waals surface area contributed by atoms with Crippen LogP contribution in [-0.2, 0) is 20.8 Å². The van der Waals surface area contributed by atoms with Gasteiger partial charge in [-0.3, -0.25) is 14.4 Å². The summed E-state index contributed by atoms with van der Waals surface area (Å²) in [6.07, 6.45) is 0.787. The Kier molecular flexibility index (Phi) is 2.62. The molecule has 2 aliphatic heterocycles. The van der Waals surface area contributed by atoms with Gasteiger partial charge in [-0.25, -0.2) is 0 Å². The number of nitrogens with zero attached hydrogens (tertiary/aromatic N) is 2. The Labute approximate surface area is 110 Å². The van der Waals surface area contributed by atoms with E-state index in [9.17, 15) is 14.4 Å². The first-order valence-corrected chi connectivity index (χ1v) is 6.29. The van der Waals surface area contributed by atoms with Crippen LogP contribution in [-0.4, -0.2) is 30.7 Å². The predicted molar refractivity (Wildman–Crippen MR) is 70.2 cm³/mol. The molecule has 0 radical (unpaired) electrons. The van der Waals surface area contributed by atoms with Crippen LogP contribution in [0.3, 0.4) is 0 Å². The fourth-order valence-electron chi connectivity index (χ4n) is 2.70. The van der Waals surface area contributed by atoms with Crippen molar-refractivity contribution >= 4 is 29.0 Å². The molecule has 2 heterocycles. The molecule has 5 nitrogen and oxygen atoms in total.